The molecule has 1 amide bonds. The molecule has 0 bridgehead atoms. The third-order valence-corrected chi connectivity index (χ3v) is 2.69. The van der Waals surface area contributed by atoms with E-state index in [9.17, 15) is 9.59 Å². The van der Waals surface area contributed by atoms with E-state index in [1.165, 1.54) is 4.90 Å². The van der Waals surface area contributed by atoms with Crippen molar-refractivity contribution in [1.82, 2.24) is 10.2 Å². The number of likely N-dealkylation sites (N-methyl/N-ethyl adjacent to an activating group) is 1. The molecule has 1 heterocycles. The van der Waals surface area contributed by atoms with E-state index in [0.29, 0.717) is 18.9 Å². The predicted octanol–water partition coefficient (Wildman–Crippen LogP) is -0.0809. The first kappa shape index (κ1) is 12.0. The van der Waals surface area contributed by atoms with Crippen LogP contribution in [0.4, 0.5) is 0 Å². The Hall–Kier alpha value is -1.10. The second-order valence-corrected chi connectivity index (χ2v) is 3.86. The molecule has 1 aliphatic heterocycles. The Morgan fingerprint density at radius 2 is 2.27 bits per heavy atom. The molecular formula is C10H18N2O3. The van der Waals surface area contributed by atoms with Crippen molar-refractivity contribution in [1.29, 1.82) is 0 Å². The van der Waals surface area contributed by atoms with Crippen LogP contribution >= 0.6 is 0 Å². The molecule has 2 N–H and O–H groups in total. The number of carboxylic acids is 1. The van der Waals surface area contributed by atoms with Crippen LogP contribution in [0.5, 0.6) is 0 Å². The SMILES string of the molecule is CCN(CC(=O)O)C(=O)CC1CCNC1. The third-order valence-electron chi connectivity index (χ3n) is 2.69. The molecule has 0 aromatic carbocycles. The van der Waals surface area contributed by atoms with Crippen LogP contribution in [0.1, 0.15) is 19.8 Å². The molecular weight excluding hydrogens is 196 g/mol. The lowest BCUT2D eigenvalue weighted by atomic mass is 10.0. The number of hydrogen-bond donors (Lipinski definition) is 2. The number of carbonyl (C=O) groups is 2. The van der Waals surface area contributed by atoms with Crippen LogP contribution < -0.4 is 5.32 Å². The summed E-state index contributed by atoms with van der Waals surface area (Å²) in [6.07, 6.45) is 1.48. The minimum absolute atomic E-state index is 0.0476. The van der Waals surface area contributed by atoms with Gasteiger partial charge in [-0.15, -0.1) is 0 Å². The minimum atomic E-state index is -0.949. The second-order valence-electron chi connectivity index (χ2n) is 3.86. The fourth-order valence-corrected chi connectivity index (χ4v) is 1.80. The monoisotopic (exact) mass is 214 g/mol. The number of nitrogens with one attached hydrogen (secondary N) is 1. The molecule has 0 aliphatic carbocycles. The summed E-state index contributed by atoms with van der Waals surface area (Å²) >= 11 is 0. The Balaban J connectivity index is 2.38. The van der Waals surface area contributed by atoms with Crippen LogP contribution in [0, 0.1) is 5.92 Å². The van der Waals surface area contributed by atoms with E-state index >= 15 is 0 Å². The average Bonchev–Trinajstić information content (AvgIpc) is 2.66. The van der Waals surface area contributed by atoms with Gasteiger partial charge in [0.25, 0.3) is 0 Å². The lowest BCUT2D eigenvalue weighted by Gasteiger charge is -2.20. The zero-order chi connectivity index (χ0) is 11.3. The van der Waals surface area contributed by atoms with Crippen LogP contribution in [0.3, 0.4) is 0 Å². The Morgan fingerprint density at radius 1 is 1.53 bits per heavy atom. The Bertz CT molecular complexity index is 237. The summed E-state index contributed by atoms with van der Waals surface area (Å²) in [5.41, 5.74) is 0. The molecule has 0 radical (unpaired) electrons. The summed E-state index contributed by atoms with van der Waals surface area (Å²) in [4.78, 5) is 23.6. The molecule has 5 heteroatoms. The van der Waals surface area contributed by atoms with Crippen molar-refractivity contribution in [2.24, 2.45) is 5.92 Å². The van der Waals surface area contributed by atoms with E-state index < -0.39 is 5.97 Å². The molecule has 1 aliphatic rings. The number of rotatable bonds is 5. The molecule has 1 unspecified atom stereocenters. The van der Waals surface area contributed by atoms with Gasteiger partial charge >= 0.3 is 5.97 Å². The van der Waals surface area contributed by atoms with E-state index in [2.05, 4.69) is 5.32 Å². The summed E-state index contributed by atoms with van der Waals surface area (Å²) < 4.78 is 0. The predicted molar refractivity (Wildman–Crippen MR) is 55.5 cm³/mol. The highest BCUT2D eigenvalue weighted by Crippen LogP contribution is 2.13. The smallest absolute Gasteiger partial charge is 0.323 e. The third kappa shape index (κ3) is 3.87. The van der Waals surface area contributed by atoms with Gasteiger partial charge in [0.2, 0.25) is 5.91 Å². The van der Waals surface area contributed by atoms with Gasteiger partial charge in [-0.1, -0.05) is 0 Å². The molecule has 1 saturated heterocycles. The lowest BCUT2D eigenvalue weighted by Crippen LogP contribution is -2.36. The number of amides is 1. The maximum absolute atomic E-state index is 11.7. The number of aliphatic carboxylic acids is 1. The first-order chi connectivity index (χ1) is 7.13. The van der Waals surface area contributed by atoms with Gasteiger partial charge in [-0.3, -0.25) is 9.59 Å². The van der Waals surface area contributed by atoms with Crippen LogP contribution in [0.2, 0.25) is 0 Å². The normalized spacial score (nSPS) is 20.2. The highest BCUT2D eigenvalue weighted by molar-refractivity contribution is 5.81. The van der Waals surface area contributed by atoms with Gasteiger partial charge < -0.3 is 15.3 Å². The van der Waals surface area contributed by atoms with Crippen molar-refractivity contribution in [2.45, 2.75) is 19.8 Å². The van der Waals surface area contributed by atoms with Gasteiger partial charge in [0.15, 0.2) is 0 Å². The molecule has 0 saturated carbocycles. The molecule has 1 atom stereocenters. The van der Waals surface area contributed by atoms with E-state index in [-0.39, 0.29) is 12.5 Å². The van der Waals surface area contributed by atoms with Crippen molar-refractivity contribution in [3.63, 3.8) is 0 Å². The van der Waals surface area contributed by atoms with Crippen molar-refractivity contribution in [2.75, 3.05) is 26.2 Å². The van der Waals surface area contributed by atoms with Gasteiger partial charge in [-0.05, 0) is 32.4 Å². The average molecular weight is 214 g/mol. The topological polar surface area (TPSA) is 69.6 Å². The maximum atomic E-state index is 11.7. The van der Waals surface area contributed by atoms with Crippen LogP contribution in [-0.4, -0.2) is 48.1 Å². The van der Waals surface area contributed by atoms with E-state index in [1.807, 2.05) is 0 Å². The summed E-state index contributed by atoms with van der Waals surface area (Å²) in [6, 6.07) is 0. The number of carbonyl (C=O) groups excluding carboxylic acids is 1. The molecule has 5 nitrogen and oxygen atoms in total. The van der Waals surface area contributed by atoms with Crippen molar-refractivity contribution >= 4 is 11.9 Å². The summed E-state index contributed by atoms with van der Waals surface area (Å²) in [5, 5.41) is 11.8. The van der Waals surface area contributed by atoms with Gasteiger partial charge in [0, 0.05) is 13.0 Å². The molecule has 0 spiro atoms. The summed E-state index contributed by atoms with van der Waals surface area (Å²) in [6.45, 7) is 3.91. The molecule has 0 aromatic heterocycles. The first-order valence-corrected chi connectivity index (χ1v) is 5.33. The Labute approximate surface area is 89.4 Å². The summed E-state index contributed by atoms with van der Waals surface area (Å²) in [7, 11) is 0. The van der Waals surface area contributed by atoms with Gasteiger partial charge in [-0.2, -0.15) is 0 Å². The highest BCUT2D eigenvalue weighted by Gasteiger charge is 2.22. The van der Waals surface area contributed by atoms with Crippen molar-refractivity contribution in [3.05, 3.63) is 0 Å². The second kappa shape index (κ2) is 5.70. The Kier molecular flexibility index (Phi) is 4.55. The van der Waals surface area contributed by atoms with Crippen LogP contribution in [0.15, 0.2) is 0 Å². The lowest BCUT2D eigenvalue weighted by molar-refractivity contribution is -0.144. The molecule has 15 heavy (non-hydrogen) atoms. The zero-order valence-electron chi connectivity index (χ0n) is 9.03. The fraction of sp³-hybridized carbons (Fsp3) is 0.800. The molecule has 0 aromatic rings. The highest BCUT2D eigenvalue weighted by atomic mass is 16.4. The standard InChI is InChI=1S/C10H18N2O3/c1-2-12(7-10(14)15)9(13)5-8-3-4-11-6-8/h8,11H,2-7H2,1H3,(H,14,15). The first-order valence-electron chi connectivity index (χ1n) is 5.33. The quantitative estimate of drug-likeness (QED) is 0.671. The summed E-state index contributed by atoms with van der Waals surface area (Å²) in [5.74, 6) is -0.622. The van der Waals surface area contributed by atoms with Gasteiger partial charge in [0.05, 0.1) is 0 Å². The number of hydrogen-bond acceptors (Lipinski definition) is 3. The van der Waals surface area contributed by atoms with Gasteiger partial charge in [-0.25, -0.2) is 0 Å². The number of nitrogens with zero attached hydrogens (tertiary/aromatic N) is 1. The van der Waals surface area contributed by atoms with Crippen molar-refractivity contribution < 1.29 is 14.7 Å². The zero-order valence-corrected chi connectivity index (χ0v) is 9.03. The van der Waals surface area contributed by atoms with Gasteiger partial charge in [0.1, 0.15) is 6.54 Å². The van der Waals surface area contributed by atoms with E-state index in [4.69, 9.17) is 5.11 Å². The van der Waals surface area contributed by atoms with E-state index in [1.54, 1.807) is 6.92 Å². The minimum Gasteiger partial charge on any atom is -0.480 e. The Morgan fingerprint density at radius 3 is 2.73 bits per heavy atom. The molecule has 1 rings (SSSR count). The largest absolute Gasteiger partial charge is 0.480 e. The van der Waals surface area contributed by atoms with Crippen LogP contribution in [-0.2, 0) is 9.59 Å². The van der Waals surface area contributed by atoms with Crippen LogP contribution in [0.25, 0.3) is 0 Å². The molecule has 1 fully saturated rings. The molecule has 86 valence electrons. The maximum Gasteiger partial charge on any atom is 0.323 e. The van der Waals surface area contributed by atoms with Crippen molar-refractivity contribution in [3.8, 4) is 0 Å². The fourth-order valence-electron chi connectivity index (χ4n) is 1.80. The number of carboxylic acid groups (broad SMARTS) is 1. The van der Waals surface area contributed by atoms with E-state index in [0.717, 1.165) is 19.5 Å².